The molecule has 2 saturated heterocycles. The second-order valence-electron chi connectivity index (χ2n) is 11.3. The van der Waals surface area contributed by atoms with E-state index < -0.39 is 0 Å². The van der Waals surface area contributed by atoms with Crippen LogP contribution in [0.1, 0.15) is 42.9 Å². The molecule has 1 amide bonds. The van der Waals surface area contributed by atoms with Crippen LogP contribution < -0.4 is 15.5 Å². The van der Waals surface area contributed by atoms with Gasteiger partial charge in [-0.3, -0.25) is 9.20 Å². The summed E-state index contributed by atoms with van der Waals surface area (Å²) >= 11 is 8.42. The second kappa shape index (κ2) is 9.09. The lowest BCUT2D eigenvalue weighted by atomic mass is 9.73. The summed E-state index contributed by atoms with van der Waals surface area (Å²) in [6, 6.07) is 18.8. The second-order valence-corrected chi connectivity index (χ2v) is 12.8. The number of imidazole rings is 2. The van der Waals surface area contributed by atoms with Gasteiger partial charge in [-0.2, -0.15) is 0 Å². The standard InChI is InChI=1S/C31H29ClN6OS/c32-27-21(37-14-4-9-26(37)39)7-3-8-23(27)40-24-10-11-25-35-29(22-18-34-30(24)38(22)25)36-15-12-31(13-16-36)17-19-5-1-2-6-20(19)28(31)33/h1-3,5-8,10-11,18,28H,4,9,12-17,33H2/t28-/m1/s1. The molecule has 8 rings (SSSR count). The predicted octanol–water partition coefficient (Wildman–Crippen LogP) is 6.09. The fourth-order valence-electron chi connectivity index (χ4n) is 7.06. The number of fused-ring (bicyclic) bond motifs is 1. The van der Waals surface area contributed by atoms with Gasteiger partial charge in [0.05, 0.1) is 21.8 Å². The zero-order valence-electron chi connectivity index (χ0n) is 22.0. The van der Waals surface area contributed by atoms with Crippen molar-refractivity contribution in [2.24, 2.45) is 11.1 Å². The van der Waals surface area contributed by atoms with E-state index in [0.29, 0.717) is 18.0 Å². The number of nitrogens with two attached hydrogens (primary N) is 1. The highest BCUT2D eigenvalue weighted by Gasteiger charge is 2.46. The summed E-state index contributed by atoms with van der Waals surface area (Å²) in [6.07, 6.45) is 6.56. The first-order valence-corrected chi connectivity index (χ1v) is 15.2. The quantitative estimate of drug-likeness (QED) is 0.282. The van der Waals surface area contributed by atoms with Gasteiger partial charge in [0.2, 0.25) is 5.91 Å². The van der Waals surface area contributed by atoms with E-state index in [9.17, 15) is 4.79 Å². The Bertz CT molecular complexity index is 1780. The van der Waals surface area contributed by atoms with Gasteiger partial charge in [-0.15, -0.1) is 0 Å². The fourth-order valence-corrected chi connectivity index (χ4v) is 8.35. The van der Waals surface area contributed by atoms with Crippen LogP contribution in [0.5, 0.6) is 0 Å². The number of hydrogen-bond donors (Lipinski definition) is 1. The van der Waals surface area contributed by atoms with Crippen molar-refractivity contribution in [2.75, 3.05) is 29.4 Å². The number of carbonyl (C=O) groups excluding carboxylic acids is 1. The van der Waals surface area contributed by atoms with Gasteiger partial charge in [-0.05, 0) is 66.5 Å². The zero-order valence-corrected chi connectivity index (χ0v) is 23.6. The van der Waals surface area contributed by atoms with E-state index in [1.807, 2.05) is 24.4 Å². The number of aromatic nitrogens is 3. The molecule has 1 aliphatic carbocycles. The number of anilines is 2. The summed E-state index contributed by atoms with van der Waals surface area (Å²) in [6.45, 7) is 2.58. The minimum atomic E-state index is 0.101. The minimum absolute atomic E-state index is 0.101. The van der Waals surface area contributed by atoms with Crippen LogP contribution in [0.25, 0.3) is 16.8 Å². The van der Waals surface area contributed by atoms with Crippen molar-refractivity contribution in [3.8, 4) is 0 Å². The Morgan fingerprint density at radius 3 is 2.65 bits per heavy atom. The van der Waals surface area contributed by atoms with Crippen molar-refractivity contribution in [3.63, 3.8) is 0 Å². The first-order valence-electron chi connectivity index (χ1n) is 14.0. The topological polar surface area (TPSA) is 79.8 Å². The Labute approximate surface area is 241 Å². The molecule has 5 heterocycles. The largest absolute Gasteiger partial charge is 0.355 e. The molecule has 0 radical (unpaired) electrons. The molecule has 3 aromatic heterocycles. The summed E-state index contributed by atoms with van der Waals surface area (Å²) in [5.74, 6) is 1.13. The van der Waals surface area contributed by atoms with E-state index >= 15 is 0 Å². The molecule has 2 aromatic carbocycles. The number of rotatable bonds is 4. The smallest absolute Gasteiger partial charge is 0.227 e. The Balaban J connectivity index is 1.07. The molecule has 40 heavy (non-hydrogen) atoms. The van der Waals surface area contributed by atoms with Gasteiger partial charge in [0, 0.05) is 37.0 Å². The van der Waals surface area contributed by atoms with Crippen LogP contribution in [-0.2, 0) is 11.2 Å². The van der Waals surface area contributed by atoms with Crippen LogP contribution in [0.4, 0.5) is 11.5 Å². The normalized spacial score (nSPS) is 20.4. The Hall–Kier alpha value is -3.33. The third-order valence-corrected chi connectivity index (χ3v) is 10.8. The van der Waals surface area contributed by atoms with Crippen molar-refractivity contribution < 1.29 is 4.79 Å². The lowest BCUT2D eigenvalue weighted by Gasteiger charge is -2.42. The summed E-state index contributed by atoms with van der Waals surface area (Å²) in [5.41, 5.74) is 13.3. The number of carbonyl (C=O) groups is 1. The van der Waals surface area contributed by atoms with E-state index in [2.05, 4.69) is 45.7 Å². The fraction of sp³-hybridized carbons (Fsp3) is 0.323. The molecule has 0 saturated carbocycles. The molecular weight excluding hydrogens is 540 g/mol. The van der Waals surface area contributed by atoms with E-state index in [1.54, 1.807) is 16.7 Å². The van der Waals surface area contributed by atoms with Crippen LogP contribution in [0.3, 0.4) is 0 Å². The number of amides is 1. The molecule has 3 aliphatic rings. The molecule has 5 aromatic rings. The molecule has 9 heteroatoms. The van der Waals surface area contributed by atoms with Crippen LogP contribution in [0.15, 0.2) is 70.6 Å². The van der Waals surface area contributed by atoms with Gasteiger partial charge < -0.3 is 15.5 Å². The van der Waals surface area contributed by atoms with Crippen LogP contribution in [0.2, 0.25) is 5.02 Å². The molecule has 2 aliphatic heterocycles. The summed E-state index contributed by atoms with van der Waals surface area (Å²) in [5, 5.41) is 0.609. The zero-order chi connectivity index (χ0) is 27.0. The highest BCUT2D eigenvalue weighted by atomic mass is 35.5. The van der Waals surface area contributed by atoms with Crippen molar-refractivity contribution in [1.82, 2.24) is 14.4 Å². The third-order valence-electron chi connectivity index (χ3n) is 9.22. The maximum absolute atomic E-state index is 12.3. The van der Waals surface area contributed by atoms with Gasteiger partial charge in [0.25, 0.3) is 0 Å². The predicted molar refractivity (Wildman–Crippen MR) is 160 cm³/mol. The summed E-state index contributed by atoms with van der Waals surface area (Å²) in [4.78, 5) is 28.3. The van der Waals surface area contributed by atoms with Crippen LogP contribution >= 0.6 is 23.4 Å². The van der Waals surface area contributed by atoms with Gasteiger partial charge in [-0.25, -0.2) is 9.97 Å². The molecule has 2 fully saturated rings. The Morgan fingerprint density at radius 2 is 1.85 bits per heavy atom. The van der Waals surface area contributed by atoms with E-state index in [4.69, 9.17) is 27.3 Å². The van der Waals surface area contributed by atoms with Gasteiger partial charge in [0.1, 0.15) is 11.2 Å². The minimum Gasteiger partial charge on any atom is -0.355 e. The number of halogens is 1. The lowest BCUT2D eigenvalue weighted by molar-refractivity contribution is -0.117. The highest BCUT2D eigenvalue weighted by Crippen LogP contribution is 2.51. The van der Waals surface area contributed by atoms with E-state index in [1.165, 1.54) is 11.1 Å². The number of piperidine rings is 1. The Kier molecular flexibility index (Phi) is 5.56. The monoisotopic (exact) mass is 568 g/mol. The van der Waals surface area contributed by atoms with Crippen molar-refractivity contribution in [3.05, 3.63) is 76.9 Å². The average molecular weight is 569 g/mol. The van der Waals surface area contributed by atoms with Crippen molar-refractivity contribution >= 4 is 57.6 Å². The lowest BCUT2D eigenvalue weighted by Crippen LogP contribution is -2.44. The first-order chi connectivity index (χ1) is 19.5. The summed E-state index contributed by atoms with van der Waals surface area (Å²) in [7, 11) is 0. The van der Waals surface area contributed by atoms with Gasteiger partial charge in [-0.1, -0.05) is 53.7 Å². The molecule has 0 bridgehead atoms. The van der Waals surface area contributed by atoms with Gasteiger partial charge >= 0.3 is 0 Å². The molecule has 0 unspecified atom stereocenters. The molecule has 202 valence electrons. The van der Waals surface area contributed by atoms with Crippen LogP contribution in [0, 0.1) is 5.41 Å². The van der Waals surface area contributed by atoms with Crippen molar-refractivity contribution in [2.45, 2.75) is 47.9 Å². The molecule has 7 nitrogen and oxygen atoms in total. The molecular formula is C31H29ClN6OS. The van der Waals surface area contributed by atoms with E-state index in [0.717, 1.165) is 76.9 Å². The molecule has 1 atom stereocenters. The molecule has 2 N–H and O–H groups in total. The number of nitrogens with zero attached hydrogens (tertiary/aromatic N) is 5. The Morgan fingerprint density at radius 1 is 1.00 bits per heavy atom. The molecule has 1 spiro atoms. The van der Waals surface area contributed by atoms with E-state index in [-0.39, 0.29) is 17.4 Å². The van der Waals surface area contributed by atoms with Crippen LogP contribution in [-0.4, -0.2) is 39.9 Å². The summed E-state index contributed by atoms with van der Waals surface area (Å²) < 4.78 is 2.15. The highest BCUT2D eigenvalue weighted by molar-refractivity contribution is 7.99. The number of hydrogen-bond acceptors (Lipinski definition) is 6. The first kappa shape index (κ1) is 24.5. The maximum atomic E-state index is 12.3. The maximum Gasteiger partial charge on any atom is 0.227 e. The SMILES string of the molecule is N[C@@H]1c2ccccc2CC12CCN(c1nc3ccc(Sc4cccc(N5CCCC5=O)c4Cl)c4ncc1n34)CC2. The third kappa shape index (κ3) is 3.59. The van der Waals surface area contributed by atoms with Gasteiger partial charge in [0.15, 0.2) is 11.5 Å². The number of benzene rings is 2. The van der Waals surface area contributed by atoms with Crippen molar-refractivity contribution in [1.29, 1.82) is 0 Å². The average Bonchev–Trinajstić information content (AvgIpc) is 3.74. The number of pyridine rings is 1.